The van der Waals surface area contributed by atoms with Gasteiger partial charge in [0, 0.05) is 5.41 Å². The van der Waals surface area contributed by atoms with Crippen LogP contribution in [0.2, 0.25) is 0 Å². The van der Waals surface area contributed by atoms with E-state index in [1.807, 2.05) is 13.8 Å². The van der Waals surface area contributed by atoms with Gasteiger partial charge < -0.3 is 15.2 Å². The van der Waals surface area contributed by atoms with Gasteiger partial charge in [-0.15, -0.1) is 0 Å². The Morgan fingerprint density at radius 1 is 1.14 bits per heavy atom. The average Bonchev–Trinajstić information content (AvgIpc) is 2.41. The quantitative estimate of drug-likeness (QED) is 0.834. The van der Waals surface area contributed by atoms with Gasteiger partial charge in [0.25, 0.3) is 0 Å². The van der Waals surface area contributed by atoms with Crippen LogP contribution >= 0.6 is 0 Å². The Balaban J connectivity index is 1.74. The summed E-state index contributed by atoms with van der Waals surface area (Å²) < 4.78 is 0. The maximum atomic E-state index is 12.8. The molecule has 2 atom stereocenters. The molecular formula is C17H26NO3-. The topological polar surface area (TPSA) is 69.2 Å². The first-order valence-corrected chi connectivity index (χ1v) is 8.45. The number of aliphatic carboxylic acids is 1. The molecule has 0 aromatic rings. The lowest BCUT2D eigenvalue weighted by Crippen LogP contribution is -2.59. The number of amides is 1. The molecule has 4 aliphatic rings. The number of hydrogen-bond donors (Lipinski definition) is 1. The molecular weight excluding hydrogens is 266 g/mol. The van der Waals surface area contributed by atoms with Gasteiger partial charge in [0.1, 0.15) is 0 Å². The van der Waals surface area contributed by atoms with Crippen LogP contribution in [0.25, 0.3) is 0 Å². The molecule has 4 aliphatic carbocycles. The molecule has 0 aromatic heterocycles. The minimum atomic E-state index is -1.15. The molecule has 1 N–H and O–H groups in total. The highest BCUT2D eigenvalue weighted by molar-refractivity contribution is 5.87. The predicted octanol–water partition coefficient (Wildman–Crippen LogP) is 1.48. The van der Waals surface area contributed by atoms with E-state index < -0.39 is 12.0 Å². The fraction of sp³-hybridized carbons (Fsp3) is 0.882. The lowest BCUT2D eigenvalue weighted by Gasteiger charge is -2.56. The number of rotatable bonds is 5. The molecule has 4 bridgehead atoms. The Hall–Kier alpha value is -1.06. The van der Waals surface area contributed by atoms with Crippen LogP contribution in [0.3, 0.4) is 0 Å². The van der Waals surface area contributed by atoms with Crippen LogP contribution in [-0.2, 0) is 9.59 Å². The van der Waals surface area contributed by atoms with Crippen LogP contribution in [0.15, 0.2) is 0 Å². The second kappa shape index (κ2) is 5.29. The van der Waals surface area contributed by atoms with Crippen molar-refractivity contribution in [2.45, 2.75) is 64.8 Å². The van der Waals surface area contributed by atoms with Crippen molar-refractivity contribution in [2.24, 2.45) is 29.1 Å². The zero-order chi connectivity index (χ0) is 15.2. The van der Waals surface area contributed by atoms with Crippen LogP contribution < -0.4 is 10.4 Å². The second-order valence-electron chi connectivity index (χ2n) is 7.85. The molecule has 0 aromatic carbocycles. The van der Waals surface area contributed by atoms with Crippen molar-refractivity contribution >= 4 is 11.9 Å². The van der Waals surface area contributed by atoms with E-state index in [0.717, 1.165) is 25.7 Å². The van der Waals surface area contributed by atoms with Crippen LogP contribution in [0.5, 0.6) is 0 Å². The molecule has 21 heavy (non-hydrogen) atoms. The summed E-state index contributed by atoms with van der Waals surface area (Å²) in [6.07, 6.45) is 7.45. The highest BCUT2D eigenvalue weighted by Crippen LogP contribution is 2.60. The van der Waals surface area contributed by atoms with E-state index in [4.69, 9.17) is 0 Å². The van der Waals surface area contributed by atoms with Crippen molar-refractivity contribution < 1.29 is 14.7 Å². The molecule has 4 heteroatoms. The van der Waals surface area contributed by atoms with E-state index in [1.54, 1.807) is 0 Å². The summed E-state index contributed by atoms with van der Waals surface area (Å²) in [5, 5.41) is 14.2. The fourth-order valence-corrected chi connectivity index (χ4v) is 5.35. The van der Waals surface area contributed by atoms with Crippen molar-refractivity contribution in [2.75, 3.05) is 0 Å². The van der Waals surface area contributed by atoms with Gasteiger partial charge in [-0.05, 0) is 62.2 Å². The zero-order valence-corrected chi connectivity index (χ0v) is 13.1. The van der Waals surface area contributed by atoms with Gasteiger partial charge >= 0.3 is 0 Å². The van der Waals surface area contributed by atoms with E-state index in [2.05, 4.69) is 5.32 Å². The largest absolute Gasteiger partial charge is 0.548 e. The molecule has 0 heterocycles. The molecule has 0 saturated heterocycles. The smallest absolute Gasteiger partial charge is 0.226 e. The van der Waals surface area contributed by atoms with E-state index in [1.165, 1.54) is 19.3 Å². The van der Waals surface area contributed by atoms with Gasteiger partial charge in [0.2, 0.25) is 5.91 Å². The third kappa shape index (κ3) is 2.58. The summed E-state index contributed by atoms with van der Waals surface area (Å²) in [6, 6.07) is -0.851. The molecule has 4 fully saturated rings. The standard InChI is InChI=1S/C17H27NO3/c1-3-10(2)14(15(19)20)18-16(21)17-7-11-4-12(8-17)6-13(5-11)9-17/h10-14H,3-9H2,1-2H3,(H,18,21)(H,19,20)/p-1/t10-,11?,12?,13?,14-,17?/m1/s1. The average molecular weight is 292 g/mol. The highest BCUT2D eigenvalue weighted by atomic mass is 16.4. The predicted molar refractivity (Wildman–Crippen MR) is 77.0 cm³/mol. The van der Waals surface area contributed by atoms with Crippen molar-refractivity contribution in [3.8, 4) is 0 Å². The highest BCUT2D eigenvalue weighted by Gasteiger charge is 2.54. The maximum absolute atomic E-state index is 12.8. The first-order valence-electron chi connectivity index (χ1n) is 8.45. The number of carbonyl (C=O) groups excluding carboxylic acids is 2. The number of nitrogens with one attached hydrogen (secondary N) is 1. The number of carboxylic acid groups (broad SMARTS) is 1. The summed E-state index contributed by atoms with van der Waals surface area (Å²) in [5.74, 6) is 0.803. The van der Waals surface area contributed by atoms with Crippen LogP contribution in [0, 0.1) is 29.1 Å². The van der Waals surface area contributed by atoms with Gasteiger partial charge in [0.15, 0.2) is 0 Å². The van der Waals surface area contributed by atoms with Gasteiger partial charge in [-0.25, -0.2) is 0 Å². The molecule has 0 aliphatic heterocycles. The number of carboxylic acids is 1. The van der Waals surface area contributed by atoms with E-state index in [9.17, 15) is 14.7 Å². The third-order valence-electron chi connectivity index (χ3n) is 6.27. The van der Waals surface area contributed by atoms with E-state index in [-0.39, 0.29) is 17.2 Å². The van der Waals surface area contributed by atoms with Crippen molar-refractivity contribution in [3.63, 3.8) is 0 Å². The van der Waals surface area contributed by atoms with Crippen molar-refractivity contribution in [3.05, 3.63) is 0 Å². The summed E-state index contributed by atoms with van der Waals surface area (Å²) in [4.78, 5) is 24.2. The minimum Gasteiger partial charge on any atom is -0.548 e. The molecule has 118 valence electrons. The van der Waals surface area contributed by atoms with Gasteiger partial charge in [-0.3, -0.25) is 4.79 Å². The number of hydrogen-bond acceptors (Lipinski definition) is 3. The number of carbonyl (C=O) groups is 2. The van der Waals surface area contributed by atoms with E-state index >= 15 is 0 Å². The Kier molecular flexibility index (Phi) is 3.74. The lowest BCUT2D eigenvalue weighted by molar-refractivity contribution is -0.309. The molecule has 1 amide bonds. The minimum absolute atomic E-state index is 0.0175. The molecule has 0 unspecified atom stereocenters. The SMILES string of the molecule is CC[C@@H](C)[C@@H](NC(=O)C12CC3CC(CC(C3)C1)C2)C(=O)[O-]. The Morgan fingerprint density at radius 2 is 1.62 bits per heavy atom. The van der Waals surface area contributed by atoms with Crippen molar-refractivity contribution in [1.29, 1.82) is 0 Å². The first-order chi connectivity index (χ1) is 9.93. The Labute approximate surface area is 126 Å². The van der Waals surface area contributed by atoms with E-state index in [0.29, 0.717) is 17.8 Å². The Bertz CT molecular complexity index is 410. The zero-order valence-electron chi connectivity index (χ0n) is 13.1. The molecule has 0 spiro atoms. The van der Waals surface area contributed by atoms with Gasteiger partial charge in [-0.2, -0.15) is 0 Å². The fourth-order valence-electron chi connectivity index (χ4n) is 5.35. The normalized spacial score (nSPS) is 39.8. The first kappa shape index (κ1) is 14.9. The van der Waals surface area contributed by atoms with Crippen LogP contribution in [-0.4, -0.2) is 17.9 Å². The summed E-state index contributed by atoms with van der Waals surface area (Å²) in [6.45, 7) is 3.80. The van der Waals surface area contributed by atoms with Crippen LogP contribution in [0.1, 0.15) is 58.8 Å². The summed E-state index contributed by atoms with van der Waals surface area (Å²) in [7, 11) is 0. The lowest BCUT2D eigenvalue weighted by atomic mass is 9.49. The summed E-state index contributed by atoms with van der Waals surface area (Å²) in [5.41, 5.74) is -0.282. The van der Waals surface area contributed by atoms with Crippen molar-refractivity contribution in [1.82, 2.24) is 5.32 Å². The van der Waals surface area contributed by atoms with Gasteiger partial charge in [-0.1, -0.05) is 20.3 Å². The maximum Gasteiger partial charge on any atom is 0.226 e. The molecule has 4 rings (SSSR count). The molecule has 4 nitrogen and oxygen atoms in total. The monoisotopic (exact) mass is 292 g/mol. The van der Waals surface area contributed by atoms with Gasteiger partial charge in [0.05, 0.1) is 12.0 Å². The molecule has 0 radical (unpaired) electrons. The molecule has 4 saturated carbocycles. The second-order valence-corrected chi connectivity index (χ2v) is 7.85. The summed E-state index contributed by atoms with van der Waals surface area (Å²) >= 11 is 0. The third-order valence-corrected chi connectivity index (χ3v) is 6.27. The Morgan fingerprint density at radius 3 is 2.00 bits per heavy atom. The van der Waals surface area contributed by atoms with Crippen LogP contribution in [0.4, 0.5) is 0 Å².